The fourth-order valence-electron chi connectivity index (χ4n) is 2.16. The van der Waals surface area contributed by atoms with Crippen molar-refractivity contribution in [1.82, 2.24) is 9.38 Å². The highest BCUT2D eigenvalue weighted by molar-refractivity contribution is 5.52. The van der Waals surface area contributed by atoms with Crippen LogP contribution in [0.3, 0.4) is 0 Å². The van der Waals surface area contributed by atoms with Crippen molar-refractivity contribution in [1.29, 1.82) is 0 Å². The molecule has 0 unspecified atom stereocenters. The number of hydrogen-bond acceptors (Lipinski definition) is 3. The molecule has 0 spiro atoms. The van der Waals surface area contributed by atoms with Crippen molar-refractivity contribution in [2.45, 2.75) is 6.42 Å². The van der Waals surface area contributed by atoms with Gasteiger partial charge < -0.3 is 14.9 Å². The van der Waals surface area contributed by atoms with Crippen molar-refractivity contribution in [2.75, 3.05) is 12.8 Å². The number of nitrogen functional groups attached to an aromatic ring is 1. The normalized spacial score (nSPS) is 10.8. The maximum absolute atomic E-state index is 5.82. The summed E-state index contributed by atoms with van der Waals surface area (Å²) in [7, 11) is 1.67. The molecule has 0 bridgehead atoms. The molecule has 1 aromatic carbocycles. The number of fused-ring (bicyclic) bond motifs is 1. The van der Waals surface area contributed by atoms with Gasteiger partial charge in [-0.2, -0.15) is 0 Å². The van der Waals surface area contributed by atoms with E-state index in [0.717, 1.165) is 34.8 Å². The van der Waals surface area contributed by atoms with Gasteiger partial charge in [0.25, 0.3) is 0 Å². The number of hydrogen-bond donors (Lipinski definition) is 1. The van der Waals surface area contributed by atoms with Crippen LogP contribution < -0.4 is 10.5 Å². The monoisotopic (exact) mass is 253 g/mol. The molecule has 4 heteroatoms. The Hall–Kier alpha value is -2.49. The number of imidazole rings is 1. The zero-order chi connectivity index (χ0) is 13.2. The van der Waals surface area contributed by atoms with Gasteiger partial charge in [0, 0.05) is 18.3 Å². The molecule has 0 saturated heterocycles. The predicted octanol–water partition coefficient (Wildman–Crippen LogP) is 2.52. The van der Waals surface area contributed by atoms with E-state index in [1.165, 1.54) is 0 Å². The Labute approximate surface area is 111 Å². The Kier molecular flexibility index (Phi) is 2.83. The lowest BCUT2D eigenvalue weighted by molar-refractivity contribution is 0.414. The number of nitrogens with zero attached hydrogens (tertiary/aromatic N) is 2. The van der Waals surface area contributed by atoms with Crippen LogP contribution >= 0.6 is 0 Å². The predicted molar refractivity (Wildman–Crippen MR) is 75.4 cm³/mol. The average Bonchev–Trinajstić information content (AvgIpc) is 2.81. The fourth-order valence-corrected chi connectivity index (χ4v) is 2.16. The van der Waals surface area contributed by atoms with Crippen LogP contribution in [-0.2, 0) is 6.42 Å². The van der Waals surface area contributed by atoms with E-state index >= 15 is 0 Å². The van der Waals surface area contributed by atoms with E-state index in [4.69, 9.17) is 10.5 Å². The first-order valence-electron chi connectivity index (χ1n) is 6.10. The molecule has 96 valence electrons. The van der Waals surface area contributed by atoms with E-state index in [2.05, 4.69) is 11.1 Å². The Morgan fingerprint density at radius 2 is 2.16 bits per heavy atom. The Morgan fingerprint density at radius 3 is 3.00 bits per heavy atom. The molecule has 2 aromatic heterocycles. The molecule has 2 heterocycles. The van der Waals surface area contributed by atoms with Crippen LogP contribution in [0.2, 0.25) is 0 Å². The molecule has 4 nitrogen and oxygen atoms in total. The third kappa shape index (κ3) is 2.25. The van der Waals surface area contributed by atoms with Gasteiger partial charge in [-0.1, -0.05) is 12.1 Å². The number of rotatable bonds is 3. The van der Waals surface area contributed by atoms with Crippen molar-refractivity contribution in [3.8, 4) is 5.75 Å². The van der Waals surface area contributed by atoms with Crippen molar-refractivity contribution in [3.63, 3.8) is 0 Å². The van der Waals surface area contributed by atoms with Crippen LogP contribution in [0.1, 0.15) is 11.4 Å². The van der Waals surface area contributed by atoms with Crippen molar-refractivity contribution in [3.05, 3.63) is 60.2 Å². The summed E-state index contributed by atoms with van der Waals surface area (Å²) in [6.07, 6.45) is 4.50. The summed E-state index contributed by atoms with van der Waals surface area (Å²) < 4.78 is 7.26. The van der Waals surface area contributed by atoms with Gasteiger partial charge in [0.2, 0.25) is 0 Å². The number of aromatic nitrogens is 2. The van der Waals surface area contributed by atoms with Crippen LogP contribution in [0.4, 0.5) is 5.69 Å². The second-order valence-electron chi connectivity index (χ2n) is 4.46. The summed E-state index contributed by atoms with van der Waals surface area (Å²) in [5, 5.41) is 0. The van der Waals surface area contributed by atoms with Gasteiger partial charge in [0.1, 0.15) is 11.6 Å². The molecular weight excluding hydrogens is 238 g/mol. The summed E-state index contributed by atoms with van der Waals surface area (Å²) in [5.41, 5.74) is 8.77. The first-order chi connectivity index (χ1) is 9.26. The average molecular weight is 253 g/mol. The largest absolute Gasteiger partial charge is 0.497 e. The van der Waals surface area contributed by atoms with Gasteiger partial charge in [0.15, 0.2) is 0 Å². The molecule has 0 fully saturated rings. The van der Waals surface area contributed by atoms with Gasteiger partial charge in [-0.05, 0) is 29.8 Å². The van der Waals surface area contributed by atoms with Crippen molar-refractivity contribution >= 4 is 11.2 Å². The molecule has 3 aromatic rings. The van der Waals surface area contributed by atoms with E-state index in [0.29, 0.717) is 0 Å². The van der Waals surface area contributed by atoms with Gasteiger partial charge in [0.05, 0.1) is 18.8 Å². The van der Waals surface area contributed by atoms with E-state index in [1.807, 2.05) is 47.1 Å². The van der Waals surface area contributed by atoms with Gasteiger partial charge in [-0.25, -0.2) is 4.98 Å². The second kappa shape index (κ2) is 4.65. The minimum absolute atomic E-state index is 0.734. The minimum Gasteiger partial charge on any atom is -0.497 e. The molecule has 3 rings (SSSR count). The highest BCUT2D eigenvalue weighted by Crippen LogP contribution is 2.17. The lowest BCUT2D eigenvalue weighted by Crippen LogP contribution is -1.98. The van der Waals surface area contributed by atoms with Crippen LogP contribution in [0.5, 0.6) is 5.75 Å². The first-order valence-corrected chi connectivity index (χ1v) is 6.10. The molecule has 0 aliphatic heterocycles. The van der Waals surface area contributed by atoms with Crippen LogP contribution in [0.15, 0.2) is 48.8 Å². The van der Waals surface area contributed by atoms with Crippen LogP contribution in [-0.4, -0.2) is 16.5 Å². The molecule has 0 atom stereocenters. The maximum atomic E-state index is 5.82. The number of methoxy groups -OCH3 is 1. The number of ether oxygens (including phenoxy) is 1. The SMILES string of the molecule is COc1cccc(Cc2ncc3ccc(N)cn23)c1. The highest BCUT2D eigenvalue weighted by Gasteiger charge is 2.05. The molecule has 19 heavy (non-hydrogen) atoms. The maximum Gasteiger partial charge on any atom is 0.119 e. The highest BCUT2D eigenvalue weighted by atomic mass is 16.5. The Balaban J connectivity index is 1.98. The summed E-state index contributed by atoms with van der Waals surface area (Å²) in [4.78, 5) is 4.45. The molecule has 0 amide bonds. The lowest BCUT2D eigenvalue weighted by atomic mass is 10.1. The third-order valence-electron chi connectivity index (χ3n) is 3.12. The zero-order valence-electron chi connectivity index (χ0n) is 10.7. The Bertz CT molecular complexity index is 718. The molecular formula is C15H15N3O. The van der Waals surface area contributed by atoms with Gasteiger partial charge in [-0.15, -0.1) is 0 Å². The third-order valence-corrected chi connectivity index (χ3v) is 3.12. The van der Waals surface area contributed by atoms with E-state index < -0.39 is 0 Å². The fraction of sp³-hybridized carbons (Fsp3) is 0.133. The number of anilines is 1. The molecule has 0 aliphatic rings. The number of nitrogens with two attached hydrogens (primary N) is 1. The van der Waals surface area contributed by atoms with E-state index in [-0.39, 0.29) is 0 Å². The Morgan fingerprint density at radius 1 is 1.26 bits per heavy atom. The summed E-state index contributed by atoms with van der Waals surface area (Å²) in [5.74, 6) is 1.83. The molecule has 0 aliphatic carbocycles. The molecule has 2 N–H and O–H groups in total. The molecule has 0 saturated carbocycles. The second-order valence-corrected chi connectivity index (χ2v) is 4.46. The number of pyridine rings is 1. The zero-order valence-corrected chi connectivity index (χ0v) is 10.7. The lowest BCUT2D eigenvalue weighted by Gasteiger charge is -2.05. The quantitative estimate of drug-likeness (QED) is 0.780. The van der Waals surface area contributed by atoms with Crippen LogP contribution in [0.25, 0.3) is 5.52 Å². The van der Waals surface area contributed by atoms with Gasteiger partial charge in [-0.3, -0.25) is 0 Å². The summed E-state index contributed by atoms with van der Waals surface area (Å²) in [6, 6.07) is 11.9. The van der Waals surface area contributed by atoms with Crippen molar-refractivity contribution in [2.24, 2.45) is 0 Å². The van der Waals surface area contributed by atoms with Crippen LogP contribution in [0, 0.1) is 0 Å². The summed E-state index contributed by atoms with van der Waals surface area (Å²) in [6.45, 7) is 0. The number of benzene rings is 1. The van der Waals surface area contributed by atoms with E-state index in [9.17, 15) is 0 Å². The smallest absolute Gasteiger partial charge is 0.119 e. The van der Waals surface area contributed by atoms with Crippen molar-refractivity contribution < 1.29 is 4.74 Å². The first kappa shape index (κ1) is 11.6. The molecule has 0 radical (unpaired) electrons. The standard InChI is InChI=1S/C15H15N3O/c1-19-14-4-2-3-11(7-14)8-15-17-9-13-6-5-12(16)10-18(13)15/h2-7,9-10H,8,16H2,1H3. The van der Waals surface area contributed by atoms with Gasteiger partial charge >= 0.3 is 0 Å². The minimum atomic E-state index is 0.734. The summed E-state index contributed by atoms with van der Waals surface area (Å²) >= 11 is 0. The topological polar surface area (TPSA) is 52.5 Å². The van der Waals surface area contributed by atoms with E-state index in [1.54, 1.807) is 7.11 Å².